The fourth-order valence-corrected chi connectivity index (χ4v) is 0.969. The molecular weight excluding hydrogens is 148 g/mol. The van der Waals surface area contributed by atoms with Gasteiger partial charge in [-0.1, -0.05) is 34.6 Å². The Hall–Kier alpha value is -0.0400. The van der Waals surface area contributed by atoms with E-state index in [4.69, 9.17) is 5.11 Å². The third-order valence-corrected chi connectivity index (χ3v) is 2.04. The summed E-state index contributed by atoms with van der Waals surface area (Å²) < 4.78 is 0. The van der Waals surface area contributed by atoms with Gasteiger partial charge in [-0.05, 0) is 31.1 Å². The van der Waals surface area contributed by atoms with Crippen molar-refractivity contribution in [1.82, 2.24) is 0 Å². The fraction of sp³-hybridized carbons (Fsp3) is 1.00. The molecule has 0 aromatic heterocycles. The van der Waals surface area contributed by atoms with Crippen molar-refractivity contribution in [3.05, 3.63) is 0 Å². The summed E-state index contributed by atoms with van der Waals surface area (Å²) in [5.74, 6) is 0. The first-order valence-electron chi connectivity index (χ1n) is 5.38. The van der Waals surface area contributed by atoms with E-state index in [1.54, 1.807) is 0 Å². The third kappa shape index (κ3) is 8.06. The fourth-order valence-electron chi connectivity index (χ4n) is 0.969. The highest BCUT2D eigenvalue weighted by atomic mass is 16.2. The lowest BCUT2D eigenvalue weighted by Crippen LogP contribution is -1.93. The summed E-state index contributed by atoms with van der Waals surface area (Å²) in [5, 5.41) is 8.46. The van der Waals surface area contributed by atoms with Crippen molar-refractivity contribution >= 4 is 0 Å². The first-order valence-corrected chi connectivity index (χ1v) is 5.38. The molecule has 0 spiro atoms. The van der Waals surface area contributed by atoms with Crippen LogP contribution < -0.4 is 0 Å². The Labute approximate surface area is 78.2 Å². The monoisotopic (exact) mass is 174 g/mol. The van der Waals surface area contributed by atoms with Gasteiger partial charge in [0.15, 0.2) is 0 Å². The van der Waals surface area contributed by atoms with Crippen molar-refractivity contribution in [3.63, 3.8) is 0 Å². The van der Waals surface area contributed by atoms with Crippen molar-refractivity contribution in [1.29, 1.82) is 0 Å². The maximum Gasteiger partial charge on any atom is 0.0431 e. The van der Waals surface area contributed by atoms with Crippen molar-refractivity contribution in [2.24, 2.45) is 5.41 Å². The molecule has 0 aliphatic heterocycles. The molecule has 0 amide bonds. The molecule has 0 unspecified atom stereocenters. The van der Waals surface area contributed by atoms with Gasteiger partial charge in [-0.3, -0.25) is 0 Å². The minimum Gasteiger partial charge on any atom is -0.396 e. The molecule has 1 aliphatic carbocycles. The van der Waals surface area contributed by atoms with E-state index in [1.165, 1.54) is 19.3 Å². The van der Waals surface area contributed by atoms with E-state index in [0.29, 0.717) is 12.0 Å². The number of aliphatic hydroxyl groups excluding tert-OH is 1. The Morgan fingerprint density at radius 2 is 1.50 bits per heavy atom. The molecular formula is C11H26O. The van der Waals surface area contributed by atoms with Crippen LogP contribution in [0.25, 0.3) is 0 Å². The summed E-state index contributed by atoms with van der Waals surface area (Å²) in [6.45, 7) is 10.7. The van der Waals surface area contributed by atoms with Crippen LogP contribution in [-0.2, 0) is 0 Å². The van der Waals surface area contributed by atoms with E-state index in [-0.39, 0.29) is 0 Å². The van der Waals surface area contributed by atoms with Gasteiger partial charge < -0.3 is 5.11 Å². The van der Waals surface area contributed by atoms with Crippen molar-refractivity contribution in [2.75, 3.05) is 6.61 Å². The lowest BCUT2D eigenvalue weighted by Gasteiger charge is -2.03. The van der Waals surface area contributed by atoms with E-state index in [0.717, 1.165) is 6.42 Å². The summed E-state index contributed by atoms with van der Waals surface area (Å²) in [4.78, 5) is 0. The van der Waals surface area contributed by atoms with Crippen LogP contribution in [0.5, 0.6) is 0 Å². The molecule has 0 radical (unpaired) electrons. The second-order valence-electron chi connectivity index (χ2n) is 3.14. The maximum absolute atomic E-state index is 8.46. The quantitative estimate of drug-likeness (QED) is 0.693. The van der Waals surface area contributed by atoms with Crippen LogP contribution in [0.1, 0.15) is 60.3 Å². The predicted octanol–water partition coefficient (Wildman–Crippen LogP) is 3.61. The molecule has 1 nitrogen and oxygen atoms in total. The van der Waals surface area contributed by atoms with Gasteiger partial charge in [0.25, 0.3) is 0 Å². The Balaban J connectivity index is 0. The molecule has 1 N–H and O–H groups in total. The minimum atomic E-state index is 0.371. The Morgan fingerprint density at radius 1 is 1.08 bits per heavy atom. The molecule has 1 fully saturated rings. The summed E-state index contributed by atoms with van der Waals surface area (Å²) in [6, 6.07) is 0. The average molecular weight is 174 g/mol. The highest BCUT2D eigenvalue weighted by molar-refractivity contribution is 4.87. The Bertz CT molecular complexity index is 75.1. The molecule has 1 rings (SSSR count). The predicted molar refractivity (Wildman–Crippen MR) is 56.4 cm³/mol. The summed E-state index contributed by atoms with van der Waals surface area (Å²) >= 11 is 0. The largest absolute Gasteiger partial charge is 0.396 e. The maximum atomic E-state index is 8.46. The highest BCUT2D eigenvalue weighted by Crippen LogP contribution is 2.48. The first kappa shape index (κ1) is 14.5. The molecule has 1 saturated carbocycles. The highest BCUT2D eigenvalue weighted by Gasteiger charge is 2.35. The first-order chi connectivity index (χ1) is 5.77. The molecule has 1 heteroatoms. The zero-order valence-corrected chi connectivity index (χ0v) is 9.48. The van der Waals surface area contributed by atoms with Crippen molar-refractivity contribution in [2.45, 2.75) is 60.3 Å². The van der Waals surface area contributed by atoms with Crippen LogP contribution in [0.15, 0.2) is 0 Å². The van der Waals surface area contributed by atoms with Gasteiger partial charge in [0, 0.05) is 6.61 Å². The molecule has 76 valence electrons. The molecule has 0 aromatic rings. The lowest BCUT2D eigenvalue weighted by atomic mass is 10.0. The second-order valence-corrected chi connectivity index (χ2v) is 3.14. The normalized spacial score (nSPS) is 16.5. The van der Waals surface area contributed by atoms with Crippen LogP contribution in [0.2, 0.25) is 0 Å². The van der Waals surface area contributed by atoms with E-state index >= 15 is 0 Å². The minimum absolute atomic E-state index is 0.371. The molecule has 0 bridgehead atoms. The summed E-state index contributed by atoms with van der Waals surface area (Å²) in [6.07, 6.45) is 4.99. The molecule has 0 atom stereocenters. The van der Waals surface area contributed by atoms with E-state index in [2.05, 4.69) is 6.92 Å². The standard InChI is InChI=1S/C7H14O.2C2H6/c1-7(4-5-7)3-2-6-8;2*1-2/h8H,2-6H2,1H3;2*1-2H3. The SMILES string of the molecule is CC.CC.CC1(CCCO)CC1. The summed E-state index contributed by atoms with van der Waals surface area (Å²) in [5.41, 5.74) is 0.642. The van der Waals surface area contributed by atoms with Gasteiger partial charge >= 0.3 is 0 Å². The number of hydrogen-bond donors (Lipinski definition) is 1. The zero-order valence-electron chi connectivity index (χ0n) is 9.48. The van der Waals surface area contributed by atoms with E-state index in [9.17, 15) is 0 Å². The van der Waals surface area contributed by atoms with E-state index < -0.39 is 0 Å². The van der Waals surface area contributed by atoms with Crippen molar-refractivity contribution < 1.29 is 5.11 Å². The van der Waals surface area contributed by atoms with E-state index in [1.807, 2.05) is 27.7 Å². The van der Waals surface area contributed by atoms with Crippen LogP contribution in [0.4, 0.5) is 0 Å². The molecule has 0 heterocycles. The van der Waals surface area contributed by atoms with Crippen LogP contribution in [-0.4, -0.2) is 11.7 Å². The van der Waals surface area contributed by atoms with Gasteiger partial charge in [0.2, 0.25) is 0 Å². The topological polar surface area (TPSA) is 20.2 Å². The van der Waals surface area contributed by atoms with Gasteiger partial charge in [-0.2, -0.15) is 0 Å². The van der Waals surface area contributed by atoms with Gasteiger partial charge in [0.05, 0.1) is 0 Å². The molecule has 0 saturated heterocycles. The van der Waals surface area contributed by atoms with Crippen LogP contribution in [0.3, 0.4) is 0 Å². The van der Waals surface area contributed by atoms with Gasteiger partial charge in [-0.25, -0.2) is 0 Å². The molecule has 1 aliphatic rings. The van der Waals surface area contributed by atoms with Crippen LogP contribution >= 0.6 is 0 Å². The Morgan fingerprint density at radius 3 is 1.75 bits per heavy atom. The second kappa shape index (κ2) is 9.05. The smallest absolute Gasteiger partial charge is 0.0431 e. The average Bonchev–Trinajstić information content (AvgIpc) is 2.88. The van der Waals surface area contributed by atoms with Gasteiger partial charge in [-0.15, -0.1) is 0 Å². The third-order valence-electron chi connectivity index (χ3n) is 2.04. The number of aliphatic hydroxyl groups is 1. The lowest BCUT2D eigenvalue weighted by molar-refractivity contribution is 0.270. The zero-order chi connectivity index (χ0) is 10.0. The summed E-state index contributed by atoms with van der Waals surface area (Å²) in [7, 11) is 0. The molecule has 12 heavy (non-hydrogen) atoms. The number of rotatable bonds is 3. The van der Waals surface area contributed by atoms with Crippen molar-refractivity contribution in [3.8, 4) is 0 Å². The van der Waals surface area contributed by atoms with Gasteiger partial charge in [0.1, 0.15) is 0 Å². The molecule has 0 aromatic carbocycles. The Kier molecular flexibility index (Phi) is 10.9. The number of hydrogen-bond acceptors (Lipinski definition) is 1. The van der Waals surface area contributed by atoms with Crippen LogP contribution in [0, 0.1) is 5.41 Å².